The van der Waals surface area contributed by atoms with E-state index >= 15 is 0 Å². The van der Waals surface area contributed by atoms with Gasteiger partial charge in [-0.25, -0.2) is 0 Å². The van der Waals surface area contributed by atoms with E-state index in [2.05, 4.69) is 15.2 Å². The molecule has 1 atom stereocenters. The Balaban J connectivity index is 1.81. The molecule has 0 aromatic carbocycles. The first-order chi connectivity index (χ1) is 10.8. The fourth-order valence-electron chi connectivity index (χ4n) is 2.70. The highest BCUT2D eigenvalue weighted by molar-refractivity contribution is 5.77. The quantitative estimate of drug-likeness (QED) is 0.413. The Labute approximate surface area is 132 Å². The van der Waals surface area contributed by atoms with E-state index in [9.17, 15) is 0 Å². The molecule has 0 aliphatic carbocycles. The van der Waals surface area contributed by atoms with Crippen LogP contribution in [0.1, 0.15) is 38.0 Å². The summed E-state index contributed by atoms with van der Waals surface area (Å²) in [4.78, 5) is 6.91. The summed E-state index contributed by atoms with van der Waals surface area (Å²) in [6.45, 7) is 7.10. The minimum Gasteiger partial charge on any atom is -0.468 e. The lowest BCUT2D eigenvalue weighted by Crippen LogP contribution is -2.34. The summed E-state index contributed by atoms with van der Waals surface area (Å²) in [6, 6.07) is 4.13. The second-order valence-corrected chi connectivity index (χ2v) is 5.48. The van der Waals surface area contributed by atoms with E-state index in [0.29, 0.717) is 12.5 Å². The second kappa shape index (κ2) is 9.48. The van der Waals surface area contributed by atoms with Gasteiger partial charge in [0, 0.05) is 19.8 Å². The molecule has 124 valence electrons. The zero-order valence-electron chi connectivity index (χ0n) is 13.5. The summed E-state index contributed by atoms with van der Waals surface area (Å²) in [5, 5.41) is 3.13. The van der Waals surface area contributed by atoms with Gasteiger partial charge in [0.25, 0.3) is 0 Å². The van der Waals surface area contributed by atoms with Crippen LogP contribution in [0.15, 0.2) is 27.8 Å². The lowest BCUT2D eigenvalue weighted by molar-refractivity contribution is 0.145. The minimum absolute atomic E-state index is 0.182. The Morgan fingerprint density at radius 1 is 1.50 bits per heavy atom. The lowest BCUT2D eigenvalue weighted by Gasteiger charge is -2.24. The van der Waals surface area contributed by atoms with E-state index in [4.69, 9.17) is 14.9 Å². The first kappa shape index (κ1) is 16.8. The van der Waals surface area contributed by atoms with Gasteiger partial charge in [0.05, 0.1) is 18.8 Å². The molecule has 0 saturated carbocycles. The standard InChI is InChI=1S/C16H28N4O2/c1-2-21-11-6-8-18-16(17)19-13-14(15-7-5-12-22-15)20-9-3-4-10-20/h5,7,12,14H,2-4,6,8-11,13H2,1H3,(H3,17,18,19). The Hall–Kier alpha value is -1.53. The third-order valence-electron chi connectivity index (χ3n) is 3.86. The number of hydrogen-bond acceptors (Lipinski definition) is 4. The van der Waals surface area contributed by atoms with Crippen LogP contribution in [0, 0.1) is 0 Å². The summed E-state index contributed by atoms with van der Waals surface area (Å²) < 4.78 is 10.9. The highest BCUT2D eigenvalue weighted by atomic mass is 16.5. The molecule has 0 amide bonds. The molecule has 2 heterocycles. The van der Waals surface area contributed by atoms with Crippen molar-refractivity contribution in [2.75, 3.05) is 39.4 Å². The van der Waals surface area contributed by atoms with E-state index in [1.165, 1.54) is 12.8 Å². The van der Waals surface area contributed by atoms with Gasteiger partial charge in [-0.3, -0.25) is 9.89 Å². The zero-order valence-corrected chi connectivity index (χ0v) is 13.5. The number of nitrogens with zero attached hydrogens (tertiary/aromatic N) is 2. The maximum atomic E-state index is 5.94. The van der Waals surface area contributed by atoms with Crippen molar-refractivity contribution >= 4 is 5.96 Å². The van der Waals surface area contributed by atoms with E-state index in [1.807, 2.05) is 19.1 Å². The molecule has 6 nitrogen and oxygen atoms in total. The molecule has 2 rings (SSSR count). The van der Waals surface area contributed by atoms with E-state index in [1.54, 1.807) is 6.26 Å². The number of rotatable bonds is 9. The summed E-state index contributed by atoms with van der Waals surface area (Å²) in [5.74, 6) is 1.46. The highest BCUT2D eigenvalue weighted by Gasteiger charge is 2.25. The average Bonchev–Trinajstić information content (AvgIpc) is 3.21. The fraction of sp³-hybridized carbons (Fsp3) is 0.688. The minimum atomic E-state index is 0.182. The van der Waals surface area contributed by atoms with Crippen molar-refractivity contribution in [3.05, 3.63) is 24.2 Å². The largest absolute Gasteiger partial charge is 0.468 e. The third kappa shape index (κ3) is 5.35. The van der Waals surface area contributed by atoms with Gasteiger partial charge in [0.15, 0.2) is 5.96 Å². The number of likely N-dealkylation sites (tertiary alicyclic amines) is 1. The molecule has 1 unspecified atom stereocenters. The number of nitrogens with two attached hydrogens (primary N) is 1. The summed E-state index contributed by atoms with van der Waals surface area (Å²) in [5.41, 5.74) is 5.94. The van der Waals surface area contributed by atoms with Crippen molar-refractivity contribution < 1.29 is 9.15 Å². The molecule has 0 spiro atoms. The van der Waals surface area contributed by atoms with Crippen molar-refractivity contribution in [3.63, 3.8) is 0 Å². The first-order valence-electron chi connectivity index (χ1n) is 8.20. The Morgan fingerprint density at radius 3 is 3.00 bits per heavy atom. The van der Waals surface area contributed by atoms with Crippen molar-refractivity contribution in [2.45, 2.75) is 32.2 Å². The molecule has 1 saturated heterocycles. The van der Waals surface area contributed by atoms with Gasteiger partial charge in [-0.1, -0.05) is 0 Å². The van der Waals surface area contributed by atoms with E-state index in [0.717, 1.165) is 45.0 Å². The lowest BCUT2D eigenvalue weighted by atomic mass is 10.2. The van der Waals surface area contributed by atoms with Crippen LogP contribution in [0.25, 0.3) is 0 Å². The number of nitrogens with one attached hydrogen (secondary N) is 1. The normalized spacial score (nSPS) is 17.8. The summed E-state index contributed by atoms with van der Waals surface area (Å²) in [7, 11) is 0. The molecule has 1 aliphatic rings. The Morgan fingerprint density at radius 2 is 2.32 bits per heavy atom. The van der Waals surface area contributed by atoms with Crippen LogP contribution in [-0.4, -0.2) is 50.3 Å². The van der Waals surface area contributed by atoms with Crippen LogP contribution in [0.5, 0.6) is 0 Å². The Bertz CT molecular complexity index is 427. The van der Waals surface area contributed by atoms with Crippen LogP contribution in [0.3, 0.4) is 0 Å². The van der Waals surface area contributed by atoms with Crippen molar-refractivity contribution in [1.82, 2.24) is 10.2 Å². The van der Waals surface area contributed by atoms with Crippen molar-refractivity contribution in [3.8, 4) is 0 Å². The smallest absolute Gasteiger partial charge is 0.188 e. The maximum absolute atomic E-state index is 5.94. The van der Waals surface area contributed by atoms with Gasteiger partial charge in [-0.05, 0) is 51.4 Å². The van der Waals surface area contributed by atoms with Gasteiger partial charge in [0.2, 0.25) is 0 Å². The van der Waals surface area contributed by atoms with Crippen molar-refractivity contribution in [2.24, 2.45) is 10.7 Å². The number of aliphatic imine (C=N–C) groups is 1. The Kier molecular flexibility index (Phi) is 7.25. The monoisotopic (exact) mass is 308 g/mol. The number of furan rings is 1. The number of hydrogen-bond donors (Lipinski definition) is 2. The highest BCUT2D eigenvalue weighted by Crippen LogP contribution is 2.25. The number of guanidine groups is 1. The van der Waals surface area contributed by atoms with Crippen LogP contribution in [-0.2, 0) is 4.74 Å². The topological polar surface area (TPSA) is 76.0 Å². The molecule has 1 fully saturated rings. The van der Waals surface area contributed by atoms with Gasteiger partial charge >= 0.3 is 0 Å². The first-order valence-corrected chi connectivity index (χ1v) is 8.20. The second-order valence-electron chi connectivity index (χ2n) is 5.48. The van der Waals surface area contributed by atoms with Gasteiger partial charge in [-0.15, -0.1) is 0 Å². The molecule has 3 N–H and O–H groups in total. The van der Waals surface area contributed by atoms with Crippen LogP contribution in [0.4, 0.5) is 0 Å². The SMILES string of the molecule is CCOCCCNC(N)=NCC(c1ccco1)N1CCCC1. The molecule has 1 aromatic heterocycles. The summed E-state index contributed by atoms with van der Waals surface area (Å²) >= 11 is 0. The molecule has 0 radical (unpaired) electrons. The molecule has 6 heteroatoms. The maximum Gasteiger partial charge on any atom is 0.188 e. The molecule has 22 heavy (non-hydrogen) atoms. The predicted octanol–water partition coefficient (Wildman–Crippen LogP) is 1.75. The molecular weight excluding hydrogens is 280 g/mol. The molecule has 1 aromatic rings. The molecular formula is C16H28N4O2. The molecule has 0 bridgehead atoms. The van der Waals surface area contributed by atoms with Gasteiger partial charge < -0.3 is 20.2 Å². The van der Waals surface area contributed by atoms with Gasteiger partial charge in [-0.2, -0.15) is 0 Å². The van der Waals surface area contributed by atoms with E-state index in [-0.39, 0.29) is 6.04 Å². The van der Waals surface area contributed by atoms with Crippen LogP contribution in [0.2, 0.25) is 0 Å². The van der Waals surface area contributed by atoms with E-state index < -0.39 is 0 Å². The van der Waals surface area contributed by atoms with Gasteiger partial charge in [0.1, 0.15) is 5.76 Å². The fourth-order valence-corrected chi connectivity index (χ4v) is 2.70. The zero-order chi connectivity index (χ0) is 15.6. The van der Waals surface area contributed by atoms with Crippen molar-refractivity contribution in [1.29, 1.82) is 0 Å². The predicted molar refractivity (Wildman–Crippen MR) is 87.9 cm³/mol. The third-order valence-corrected chi connectivity index (χ3v) is 3.86. The van der Waals surface area contributed by atoms with Crippen LogP contribution >= 0.6 is 0 Å². The van der Waals surface area contributed by atoms with Crippen LogP contribution < -0.4 is 11.1 Å². The summed E-state index contributed by atoms with van der Waals surface area (Å²) in [6.07, 6.45) is 5.13. The molecule has 1 aliphatic heterocycles. The number of ether oxygens (including phenoxy) is 1. The average molecular weight is 308 g/mol.